The van der Waals surface area contributed by atoms with E-state index < -0.39 is 0 Å². The van der Waals surface area contributed by atoms with Crippen molar-refractivity contribution in [3.05, 3.63) is 42.5 Å². The molecule has 0 atom stereocenters. The molecular formula is C15H19N5OS. The Morgan fingerprint density at radius 1 is 1.41 bits per heavy atom. The maximum absolute atomic E-state index is 12.0. The Kier molecular flexibility index (Phi) is 5.71. The summed E-state index contributed by atoms with van der Waals surface area (Å²) in [5.74, 6) is 0.642. The number of carbonyl (C=O) groups excluding carboxylic acids is 1. The van der Waals surface area contributed by atoms with E-state index in [1.807, 2.05) is 24.3 Å². The molecule has 0 aliphatic rings. The highest BCUT2D eigenvalue weighted by Crippen LogP contribution is 2.18. The molecule has 1 aromatic heterocycles. The van der Waals surface area contributed by atoms with E-state index in [1.165, 1.54) is 17.3 Å². The maximum atomic E-state index is 12.0. The largest absolute Gasteiger partial charge is 0.325 e. The molecule has 0 bridgehead atoms. The molecule has 0 saturated heterocycles. The molecule has 0 fully saturated rings. The quantitative estimate of drug-likeness (QED) is 0.628. The number of rotatable bonds is 7. The normalized spacial score (nSPS) is 10.7. The van der Waals surface area contributed by atoms with Crippen LogP contribution in [0.4, 0.5) is 5.69 Å². The average Bonchev–Trinajstić information content (AvgIpc) is 2.93. The van der Waals surface area contributed by atoms with E-state index >= 15 is 0 Å². The van der Waals surface area contributed by atoms with E-state index in [2.05, 4.69) is 41.3 Å². The van der Waals surface area contributed by atoms with Gasteiger partial charge in [-0.05, 0) is 34.0 Å². The minimum absolute atomic E-state index is 0.0875. The lowest BCUT2D eigenvalue weighted by Gasteiger charge is -2.08. The molecule has 1 heterocycles. The molecular weight excluding hydrogens is 298 g/mol. The number of tetrazole rings is 1. The van der Waals surface area contributed by atoms with E-state index in [1.54, 1.807) is 10.8 Å². The highest BCUT2D eigenvalue weighted by Gasteiger charge is 2.09. The third-order valence-corrected chi connectivity index (χ3v) is 3.95. The molecule has 0 aliphatic carbocycles. The van der Waals surface area contributed by atoms with Gasteiger partial charge in [0.2, 0.25) is 11.1 Å². The van der Waals surface area contributed by atoms with Crippen LogP contribution < -0.4 is 5.32 Å². The zero-order valence-corrected chi connectivity index (χ0v) is 13.5. The number of thioether (sulfide) groups is 1. The predicted octanol–water partition coefficient (Wildman–Crippen LogP) is 2.71. The van der Waals surface area contributed by atoms with Crippen molar-refractivity contribution < 1.29 is 4.79 Å². The standard InChI is InChI=1S/C15H19N5OS/c1-4-9-20-15(17-18-19-20)22-10-14(21)16-13-7-5-12(6-8-13)11(2)3/h4-8,11H,1,9-10H2,2-3H3,(H,16,21). The Bertz CT molecular complexity index is 636. The highest BCUT2D eigenvalue weighted by molar-refractivity contribution is 7.99. The topological polar surface area (TPSA) is 72.7 Å². The summed E-state index contributed by atoms with van der Waals surface area (Å²) in [4.78, 5) is 12.0. The number of amides is 1. The molecule has 0 aliphatic heterocycles. The number of hydrogen-bond acceptors (Lipinski definition) is 5. The monoisotopic (exact) mass is 317 g/mol. The lowest BCUT2D eigenvalue weighted by Crippen LogP contribution is -2.14. The van der Waals surface area contributed by atoms with Crippen LogP contribution in [-0.4, -0.2) is 31.9 Å². The maximum Gasteiger partial charge on any atom is 0.234 e. The van der Waals surface area contributed by atoms with Crippen LogP contribution in [0.15, 0.2) is 42.1 Å². The predicted molar refractivity (Wildman–Crippen MR) is 87.9 cm³/mol. The summed E-state index contributed by atoms with van der Waals surface area (Å²) in [6.45, 7) is 8.44. The number of nitrogens with zero attached hydrogens (tertiary/aromatic N) is 4. The van der Waals surface area contributed by atoms with Crippen LogP contribution in [0.1, 0.15) is 25.3 Å². The minimum atomic E-state index is -0.0875. The first-order chi connectivity index (χ1) is 10.6. The van der Waals surface area contributed by atoms with Crippen LogP contribution in [-0.2, 0) is 11.3 Å². The molecule has 1 amide bonds. The first-order valence-electron chi connectivity index (χ1n) is 7.00. The third kappa shape index (κ3) is 4.42. The average molecular weight is 317 g/mol. The Hall–Kier alpha value is -2.15. The van der Waals surface area contributed by atoms with E-state index in [4.69, 9.17) is 0 Å². The second-order valence-corrected chi connectivity index (χ2v) is 5.99. The zero-order chi connectivity index (χ0) is 15.9. The van der Waals surface area contributed by atoms with Crippen LogP contribution in [0.5, 0.6) is 0 Å². The molecule has 0 spiro atoms. The van der Waals surface area contributed by atoms with E-state index in [9.17, 15) is 4.79 Å². The highest BCUT2D eigenvalue weighted by atomic mass is 32.2. The van der Waals surface area contributed by atoms with Crippen molar-refractivity contribution in [3.8, 4) is 0 Å². The number of benzene rings is 1. The Balaban J connectivity index is 1.87. The zero-order valence-electron chi connectivity index (χ0n) is 12.7. The van der Waals surface area contributed by atoms with Crippen molar-refractivity contribution >= 4 is 23.4 Å². The van der Waals surface area contributed by atoms with Crippen LogP contribution in [0.2, 0.25) is 0 Å². The van der Waals surface area contributed by atoms with Crippen LogP contribution >= 0.6 is 11.8 Å². The number of hydrogen-bond donors (Lipinski definition) is 1. The summed E-state index contributed by atoms with van der Waals surface area (Å²) in [6, 6.07) is 7.88. The minimum Gasteiger partial charge on any atom is -0.325 e. The Labute approximate surface area is 134 Å². The number of anilines is 1. The molecule has 0 radical (unpaired) electrons. The van der Waals surface area contributed by atoms with Gasteiger partial charge in [0.25, 0.3) is 0 Å². The second-order valence-electron chi connectivity index (χ2n) is 5.05. The molecule has 0 unspecified atom stereocenters. The van der Waals surface area contributed by atoms with E-state index in [-0.39, 0.29) is 11.7 Å². The van der Waals surface area contributed by atoms with Crippen molar-refractivity contribution in [2.75, 3.05) is 11.1 Å². The van der Waals surface area contributed by atoms with Crippen molar-refractivity contribution in [2.45, 2.75) is 31.5 Å². The number of nitrogens with one attached hydrogen (secondary N) is 1. The molecule has 2 rings (SSSR count). The Morgan fingerprint density at radius 3 is 2.77 bits per heavy atom. The summed E-state index contributed by atoms with van der Waals surface area (Å²) in [7, 11) is 0. The molecule has 7 heteroatoms. The first kappa shape index (κ1) is 16.2. The van der Waals surface area contributed by atoms with Crippen LogP contribution in [0.25, 0.3) is 0 Å². The van der Waals surface area contributed by atoms with Crippen molar-refractivity contribution in [2.24, 2.45) is 0 Å². The van der Waals surface area contributed by atoms with Gasteiger partial charge in [0.15, 0.2) is 0 Å². The van der Waals surface area contributed by atoms with Gasteiger partial charge in [-0.1, -0.05) is 43.8 Å². The van der Waals surface area contributed by atoms with Crippen molar-refractivity contribution in [1.29, 1.82) is 0 Å². The summed E-state index contributed by atoms with van der Waals surface area (Å²) < 4.78 is 1.60. The molecule has 2 aromatic rings. The fourth-order valence-electron chi connectivity index (χ4n) is 1.82. The van der Waals surface area contributed by atoms with Gasteiger partial charge in [-0.15, -0.1) is 11.7 Å². The molecule has 6 nitrogen and oxygen atoms in total. The van der Waals surface area contributed by atoms with Gasteiger partial charge in [0, 0.05) is 5.69 Å². The van der Waals surface area contributed by atoms with E-state index in [0.29, 0.717) is 17.6 Å². The smallest absolute Gasteiger partial charge is 0.234 e. The molecule has 116 valence electrons. The second kappa shape index (κ2) is 7.74. The van der Waals surface area contributed by atoms with E-state index in [0.717, 1.165) is 5.69 Å². The summed E-state index contributed by atoms with van der Waals surface area (Å²) in [5.41, 5.74) is 2.04. The van der Waals surface area contributed by atoms with Gasteiger partial charge in [0.05, 0.1) is 12.3 Å². The van der Waals surface area contributed by atoms with Crippen LogP contribution in [0.3, 0.4) is 0 Å². The third-order valence-electron chi connectivity index (χ3n) is 2.99. The van der Waals surface area contributed by atoms with Gasteiger partial charge in [-0.2, -0.15) is 0 Å². The van der Waals surface area contributed by atoms with Gasteiger partial charge in [-0.25, -0.2) is 4.68 Å². The van der Waals surface area contributed by atoms with Gasteiger partial charge >= 0.3 is 0 Å². The van der Waals surface area contributed by atoms with Crippen molar-refractivity contribution in [3.63, 3.8) is 0 Å². The lowest BCUT2D eigenvalue weighted by atomic mass is 10.0. The molecule has 1 aromatic carbocycles. The number of allylic oxidation sites excluding steroid dienone is 1. The number of carbonyl (C=O) groups is 1. The fraction of sp³-hybridized carbons (Fsp3) is 0.333. The first-order valence-corrected chi connectivity index (χ1v) is 7.98. The molecule has 0 saturated carbocycles. The molecule has 1 N–H and O–H groups in total. The summed E-state index contributed by atoms with van der Waals surface area (Å²) in [5, 5.41) is 14.8. The van der Waals surface area contributed by atoms with Gasteiger partial charge in [-0.3, -0.25) is 4.79 Å². The number of aromatic nitrogens is 4. The lowest BCUT2D eigenvalue weighted by molar-refractivity contribution is -0.113. The fourth-order valence-corrected chi connectivity index (χ4v) is 2.50. The summed E-state index contributed by atoms with van der Waals surface area (Å²) in [6.07, 6.45) is 1.71. The van der Waals surface area contributed by atoms with Gasteiger partial charge in [0.1, 0.15) is 0 Å². The van der Waals surface area contributed by atoms with Gasteiger partial charge < -0.3 is 5.32 Å². The SMILES string of the molecule is C=CCn1nnnc1SCC(=O)Nc1ccc(C(C)C)cc1. The molecule has 22 heavy (non-hydrogen) atoms. The Morgan fingerprint density at radius 2 is 2.14 bits per heavy atom. The van der Waals surface area contributed by atoms with Crippen LogP contribution in [0, 0.1) is 0 Å². The summed E-state index contributed by atoms with van der Waals surface area (Å²) >= 11 is 1.30. The van der Waals surface area contributed by atoms with Crippen molar-refractivity contribution in [1.82, 2.24) is 20.2 Å².